The van der Waals surface area contributed by atoms with Gasteiger partial charge in [0, 0.05) is 23.5 Å². The van der Waals surface area contributed by atoms with E-state index in [0.29, 0.717) is 22.5 Å². The van der Waals surface area contributed by atoms with Crippen molar-refractivity contribution in [3.8, 4) is 0 Å². The molecule has 0 saturated heterocycles. The van der Waals surface area contributed by atoms with Crippen LogP contribution in [0.3, 0.4) is 0 Å². The first kappa shape index (κ1) is 25.0. The molecule has 8 nitrogen and oxygen atoms in total. The number of nitrogens with one attached hydrogen (secondary N) is 1. The molecule has 1 aliphatic heterocycles. The summed E-state index contributed by atoms with van der Waals surface area (Å²) in [5.74, 6) is -4.75. The number of rotatable bonds is 9. The number of Topliss-reactive ketones (excluding diaryl/α,β-unsaturated/α-hetero) is 1. The van der Waals surface area contributed by atoms with Crippen LogP contribution in [0.2, 0.25) is 0 Å². The Hall–Kier alpha value is -3.59. The van der Waals surface area contributed by atoms with Crippen molar-refractivity contribution in [3.63, 3.8) is 0 Å². The highest BCUT2D eigenvalue weighted by Gasteiger charge is 2.36. The summed E-state index contributed by atoms with van der Waals surface area (Å²) in [4.78, 5) is 50.8. The summed E-state index contributed by atoms with van der Waals surface area (Å²) < 4.78 is 12.9. The number of ketones is 1. The van der Waals surface area contributed by atoms with E-state index in [1.54, 1.807) is 62.4 Å². The summed E-state index contributed by atoms with van der Waals surface area (Å²) in [6.07, 6.45) is -1.91. The number of nitrogens with zero attached hydrogens (tertiary/aromatic N) is 1. The van der Waals surface area contributed by atoms with Gasteiger partial charge in [0.15, 0.2) is 5.78 Å². The van der Waals surface area contributed by atoms with E-state index in [4.69, 9.17) is 5.11 Å². The lowest BCUT2D eigenvalue weighted by atomic mass is 9.88. The van der Waals surface area contributed by atoms with Crippen LogP contribution >= 0.6 is 0 Å². The van der Waals surface area contributed by atoms with Gasteiger partial charge in [0.05, 0.1) is 17.8 Å². The summed E-state index contributed by atoms with van der Waals surface area (Å²) in [5, 5.41) is 22.1. The lowest BCUT2D eigenvalue weighted by molar-refractivity contribution is -0.141. The van der Waals surface area contributed by atoms with Crippen LogP contribution in [-0.4, -0.2) is 46.5 Å². The molecule has 0 aromatic heterocycles. The Bertz CT molecular complexity index is 1050. The van der Waals surface area contributed by atoms with Gasteiger partial charge in [0.25, 0.3) is 0 Å². The van der Waals surface area contributed by atoms with Crippen molar-refractivity contribution in [1.29, 1.82) is 0 Å². The quantitative estimate of drug-likeness (QED) is 0.518. The number of aliphatic carboxylic acids is 1. The molecule has 2 aromatic carbocycles. The molecule has 2 amide bonds. The number of aliphatic hydroxyl groups excluding tert-OH is 1. The molecule has 2 aromatic rings. The normalized spacial score (nSPS) is 14.7. The lowest BCUT2D eigenvalue weighted by Gasteiger charge is -2.35. The number of para-hydroxylation sites is 2. The molecule has 34 heavy (non-hydrogen) atoms. The van der Waals surface area contributed by atoms with Crippen molar-refractivity contribution >= 4 is 34.9 Å². The van der Waals surface area contributed by atoms with Crippen LogP contribution in [-0.2, 0) is 19.2 Å². The maximum absolute atomic E-state index is 13.5. The zero-order valence-corrected chi connectivity index (χ0v) is 18.9. The number of alkyl halides is 1. The smallest absolute Gasteiger partial charge is 0.305 e. The molecule has 0 radical (unpaired) electrons. The van der Waals surface area contributed by atoms with Crippen LogP contribution in [0.15, 0.2) is 48.5 Å². The van der Waals surface area contributed by atoms with Crippen LogP contribution in [0, 0.1) is 11.8 Å². The van der Waals surface area contributed by atoms with Crippen molar-refractivity contribution in [2.24, 2.45) is 11.8 Å². The zero-order chi connectivity index (χ0) is 25.0. The molecule has 0 fully saturated rings. The van der Waals surface area contributed by atoms with E-state index in [-0.39, 0.29) is 12.3 Å². The SMILES string of the molecule is CC(C)[C@@H](CC(=O)N1c2ccccc2C(O)c2ccccc21)C(=O)NC(CC(=O)O)C(=O)CF. The molecule has 9 heteroatoms. The molecule has 0 saturated carbocycles. The number of aliphatic hydroxyl groups is 1. The standard InChI is InChI=1S/C25H27FN2O6/c1-14(2)17(25(34)27-18(12-23(31)32)21(29)13-26)11-22(30)28-19-9-5-3-7-15(19)24(33)16-8-4-6-10-20(16)28/h3-10,14,17-18,24,33H,11-13H2,1-2H3,(H,27,34)(H,31,32)/t17-,18?/m1/s1. The molecule has 1 unspecified atom stereocenters. The van der Waals surface area contributed by atoms with Gasteiger partial charge in [-0.15, -0.1) is 0 Å². The highest BCUT2D eigenvalue weighted by molar-refractivity contribution is 6.05. The Kier molecular flexibility index (Phi) is 7.78. The fraction of sp³-hybridized carbons (Fsp3) is 0.360. The van der Waals surface area contributed by atoms with Crippen molar-refractivity contribution in [2.75, 3.05) is 11.6 Å². The summed E-state index contributed by atoms with van der Waals surface area (Å²) in [6, 6.07) is 12.3. The van der Waals surface area contributed by atoms with Crippen LogP contribution < -0.4 is 10.2 Å². The number of carboxylic acid groups (broad SMARTS) is 1. The van der Waals surface area contributed by atoms with Gasteiger partial charge in [-0.1, -0.05) is 50.2 Å². The first-order chi connectivity index (χ1) is 16.1. The zero-order valence-electron chi connectivity index (χ0n) is 18.9. The number of anilines is 2. The number of hydrogen-bond acceptors (Lipinski definition) is 5. The maximum atomic E-state index is 13.5. The van der Waals surface area contributed by atoms with Crippen molar-refractivity contribution in [3.05, 3.63) is 59.7 Å². The van der Waals surface area contributed by atoms with Crippen LogP contribution in [0.1, 0.15) is 43.9 Å². The molecule has 3 N–H and O–H groups in total. The van der Waals surface area contributed by atoms with Crippen LogP contribution in [0.5, 0.6) is 0 Å². The Morgan fingerprint density at radius 3 is 1.97 bits per heavy atom. The summed E-state index contributed by atoms with van der Waals surface area (Å²) in [5.41, 5.74) is 2.10. The van der Waals surface area contributed by atoms with Gasteiger partial charge in [-0.2, -0.15) is 0 Å². The largest absolute Gasteiger partial charge is 0.481 e. The second kappa shape index (κ2) is 10.6. The molecular weight excluding hydrogens is 443 g/mol. The Labute approximate surface area is 196 Å². The molecule has 0 aliphatic carbocycles. The van der Waals surface area contributed by atoms with Crippen LogP contribution in [0.4, 0.5) is 15.8 Å². The monoisotopic (exact) mass is 470 g/mol. The first-order valence-corrected chi connectivity index (χ1v) is 10.9. The number of hydrogen-bond donors (Lipinski definition) is 3. The second-order valence-electron chi connectivity index (χ2n) is 8.56. The Morgan fingerprint density at radius 2 is 1.50 bits per heavy atom. The van der Waals surface area contributed by atoms with Gasteiger partial charge < -0.3 is 15.5 Å². The molecule has 2 atom stereocenters. The van der Waals surface area contributed by atoms with E-state index in [0.717, 1.165) is 0 Å². The van der Waals surface area contributed by atoms with Crippen molar-refractivity contribution in [1.82, 2.24) is 5.32 Å². The molecule has 3 rings (SSSR count). The third-order valence-electron chi connectivity index (χ3n) is 5.95. The second-order valence-corrected chi connectivity index (χ2v) is 8.56. The number of fused-ring (bicyclic) bond motifs is 2. The summed E-state index contributed by atoms with van der Waals surface area (Å²) in [7, 11) is 0. The van der Waals surface area contributed by atoms with E-state index >= 15 is 0 Å². The molecule has 1 heterocycles. The molecule has 180 valence electrons. The predicted molar refractivity (Wildman–Crippen MR) is 122 cm³/mol. The first-order valence-electron chi connectivity index (χ1n) is 10.9. The topological polar surface area (TPSA) is 124 Å². The fourth-order valence-electron chi connectivity index (χ4n) is 4.11. The average molecular weight is 470 g/mol. The van der Waals surface area contributed by atoms with Gasteiger partial charge in [0.2, 0.25) is 11.8 Å². The summed E-state index contributed by atoms with van der Waals surface area (Å²) in [6.45, 7) is 2.04. The van der Waals surface area contributed by atoms with Crippen LogP contribution in [0.25, 0.3) is 0 Å². The highest BCUT2D eigenvalue weighted by Crippen LogP contribution is 2.44. The number of carboxylic acids is 1. The predicted octanol–water partition coefficient (Wildman–Crippen LogP) is 2.91. The van der Waals surface area contributed by atoms with E-state index in [1.807, 2.05) is 0 Å². The third kappa shape index (κ3) is 5.14. The molecular formula is C25H27FN2O6. The number of halogens is 1. The molecule has 0 bridgehead atoms. The van der Waals surface area contributed by atoms with E-state index in [1.165, 1.54) is 4.90 Å². The molecule has 1 aliphatic rings. The maximum Gasteiger partial charge on any atom is 0.305 e. The lowest BCUT2D eigenvalue weighted by Crippen LogP contribution is -2.47. The number of amides is 2. The Morgan fingerprint density at radius 1 is 0.971 bits per heavy atom. The van der Waals surface area contributed by atoms with E-state index < -0.39 is 54.7 Å². The van der Waals surface area contributed by atoms with E-state index in [2.05, 4.69) is 5.32 Å². The van der Waals surface area contributed by atoms with Gasteiger partial charge in [-0.3, -0.25) is 24.1 Å². The minimum absolute atomic E-state index is 0.244. The number of carbonyl (C=O) groups is 4. The van der Waals surface area contributed by atoms with Crippen molar-refractivity contribution < 1.29 is 33.8 Å². The number of carbonyl (C=O) groups excluding carboxylic acids is 3. The van der Waals surface area contributed by atoms with Crippen molar-refractivity contribution in [2.45, 2.75) is 38.8 Å². The third-order valence-corrected chi connectivity index (χ3v) is 5.95. The van der Waals surface area contributed by atoms with Gasteiger partial charge >= 0.3 is 5.97 Å². The van der Waals surface area contributed by atoms with E-state index in [9.17, 15) is 28.7 Å². The summed E-state index contributed by atoms with van der Waals surface area (Å²) >= 11 is 0. The molecule has 0 spiro atoms. The fourth-order valence-corrected chi connectivity index (χ4v) is 4.11. The van der Waals surface area contributed by atoms with Gasteiger partial charge in [-0.05, 0) is 18.1 Å². The Balaban J connectivity index is 1.89. The minimum atomic E-state index is -1.52. The van der Waals surface area contributed by atoms with Gasteiger partial charge in [0.1, 0.15) is 18.8 Å². The highest BCUT2D eigenvalue weighted by atomic mass is 19.1. The number of benzene rings is 2. The van der Waals surface area contributed by atoms with Gasteiger partial charge in [-0.25, -0.2) is 4.39 Å². The average Bonchev–Trinajstić information content (AvgIpc) is 2.81. The minimum Gasteiger partial charge on any atom is -0.481 e.